The fourth-order valence-corrected chi connectivity index (χ4v) is 5.09. The number of pyridine rings is 1. The molecule has 2 atom stereocenters. The zero-order valence-corrected chi connectivity index (χ0v) is 20.9. The molecule has 0 aliphatic rings. The molecule has 0 aliphatic heterocycles. The molecule has 0 spiro atoms. The quantitative estimate of drug-likeness (QED) is 0.304. The van der Waals surface area contributed by atoms with Crippen molar-refractivity contribution in [3.8, 4) is 17.1 Å². The summed E-state index contributed by atoms with van der Waals surface area (Å²) in [6.45, 7) is 8.24. The maximum absolute atomic E-state index is 12.8. The first-order chi connectivity index (χ1) is 15.8. The number of halogens is 1. The molecule has 3 heterocycles. The first-order valence-electron chi connectivity index (χ1n) is 11.1. The zero-order chi connectivity index (χ0) is 23.6. The maximum Gasteiger partial charge on any atom is 0.224 e. The van der Waals surface area contributed by atoms with Crippen LogP contribution in [0, 0.1) is 0 Å². The number of aromatic nitrogens is 5. The number of benzene rings is 1. The highest BCUT2D eigenvalue weighted by molar-refractivity contribution is 7.86. The monoisotopic (exact) mass is 481 g/mol. The van der Waals surface area contributed by atoms with Crippen molar-refractivity contribution >= 4 is 33.3 Å². The molecule has 0 unspecified atom stereocenters. The van der Waals surface area contributed by atoms with E-state index in [0.29, 0.717) is 11.6 Å². The molecule has 0 bridgehead atoms. The van der Waals surface area contributed by atoms with Crippen molar-refractivity contribution in [3.05, 3.63) is 65.8 Å². The average Bonchev–Trinajstić information content (AvgIpc) is 3.21. The van der Waals surface area contributed by atoms with Crippen LogP contribution in [-0.4, -0.2) is 39.4 Å². The molecule has 6 nitrogen and oxygen atoms in total. The van der Waals surface area contributed by atoms with E-state index in [1.807, 2.05) is 39.0 Å². The number of nitrogens with zero attached hydrogens (tertiary/aromatic N) is 5. The standard InChI is InChI=1S/C25H28ClN5OS/c1-5-7-19(16-33(32)25(2,3)4)21-9-6-8-20(29-21)17-10-11-18-15-28-31(22(18)14-17)23-12-13-27-24(26)30-23/h6,8-15,19H,5,7,16H2,1-4H3/t19-,33+/m1/s1. The Labute approximate surface area is 201 Å². The van der Waals surface area contributed by atoms with Crippen LogP contribution in [-0.2, 0) is 10.8 Å². The van der Waals surface area contributed by atoms with Crippen LogP contribution in [0.5, 0.6) is 0 Å². The molecule has 4 aromatic rings. The maximum atomic E-state index is 12.8. The molecule has 0 saturated carbocycles. The van der Waals surface area contributed by atoms with E-state index < -0.39 is 10.8 Å². The second-order valence-corrected chi connectivity index (χ2v) is 11.7. The summed E-state index contributed by atoms with van der Waals surface area (Å²) in [4.78, 5) is 13.2. The van der Waals surface area contributed by atoms with Crippen molar-refractivity contribution in [3.63, 3.8) is 0 Å². The van der Waals surface area contributed by atoms with Gasteiger partial charge in [-0.2, -0.15) is 10.1 Å². The number of hydrogen-bond donors (Lipinski definition) is 0. The lowest BCUT2D eigenvalue weighted by Crippen LogP contribution is -2.27. The van der Waals surface area contributed by atoms with Crippen molar-refractivity contribution < 1.29 is 4.21 Å². The van der Waals surface area contributed by atoms with E-state index in [4.69, 9.17) is 16.6 Å². The summed E-state index contributed by atoms with van der Waals surface area (Å²) in [5.41, 5.74) is 3.76. The van der Waals surface area contributed by atoms with E-state index >= 15 is 0 Å². The van der Waals surface area contributed by atoms with Gasteiger partial charge >= 0.3 is 0 Å². The molecule has 172 valence electrons. The van der Waals surface area contributed by atoms with Crippen molar-refractivity contribution in [2.45, 2.75) is 51.2 Å². The molecular formula is C25H28ClN5OS. The van der Waals surface area contributed by atoms with Crippen LogP contribution in [0.25, 0.3) is 28.0 Å². The van der Waals surface area contributed by atoms with Crippen molar-refractivity contribution in [2.75, 3.05) is 5.75 Å². The van der Waals surface area contributed by atoms with E-state index in [2.05, 4.69) is 40.2 Å². The first kappa shape index (κ1) is 23.5. The van der Waals surface area contributed by atoms with Gasteiger partial charge in [0.25, 0.3) is 0 Å². The van der Waals surface area contributed by atoms with Crippen molar-refractivity contribution in [2.24, 2.45) is 0 Å². The van der Waals surface area contributed by atoms with E-state index in [1.165, 1.54) is 0 Å². The van der Waals surface area contributed by atoms with E-state index in [-0.39, 0.29) is 15.9 Å². The fraction of sp³-hybridized carbons (Fsp3) is 0.360. The van der Waals surface area contributed by atoms with E-state index in [0.717, 1.165) is 40.7 Å². The SMILES string of the molecule is CCC[C@H](C[S@](=O)C(C)(C)C)c1cccc(-c2ccc3cnn(-c4ccnc(Cl)n4)c3c2)n1. The minimum absolute atomic E-state index is 0.160. The molecule has 0 fully saturated rings. The van der Waals surface area contributed by atoms with Crippen molar-refractivity contribution in [1.29, 1.82) is 0 Å². The van der Waals surface area contributed by atoms with E-state index in [1.54, 1.807) is 23.1 Å². The second-order valence-electron chi connectivity index (χ2n) is 9.07. The van der Waals surface area contributed by atoms with Gasteiger partial charge in [-0.05, 0) is 57.0 Å². The Bertz CT molecular complexity index is 1300. The molecule has 0 radical (unpaired) electrons. The Balaban J connectivity index is 1.71. The number of fused-ring (bicyclic) bond motifs is 1. The van der Waals surface area contributed by atoms with Crippen LogP contribution >= 0.6 is 11.6 Å². The molecule has 4 rings (SSSR count). The highest BCUT2D eigenvalue weighted by atomic mass is 35.5. The average molecular weight is 482 g/mol. The fourth-order valence-electron chi connectivity index (χ4n) is 3.74. The summed E-state index contributed by atoms with van der Waals surface area (Å²) in [5, 5.41) is 5.65. The van der Waals surface area contributed by atoms with Gasteiger partial charge in [0.05, 0.1) is 17.4 Å². The van der Waals surface area contributed by atoms with Gasteiger partial charge in [0.2, 0.25) is 5.28 Å². The Morgan fingerprint density at radius 2 is 1.94 bits per heavy atom. The minimum Gasteiger partial charge on any atom is -0.259 e. The van der Waals surface area contributed by atoms with Gasteiger partial charge in [-0.3, -0.25) is 9.19 Å². The molecule has 8 heteroatoms. The van der Waals surface area contributed by atoms with Gasteiger partial charge in [0.1, 0.15) is 0 Å². The number of hydrogen-bond acceptors (Lipinski definition) is 5. The lowest BCUT2D eigenvalue weighted by Gasteiger charge is -2.23. The molecule has 0 saturated heterocycles. The molecule has 33 heavy (non-hydrogen) atoms. The second kappa shape index (κ2) is 9.69. The Morgan fingerprint density at radius 1 is 1.12 bits per heavy atom. The highest BCUT2D eigenvalue weighted by Gasteiger charge is 2.24. The summed E-state index contributed by atoms with van der Waals surface area (Å²) in [6.07, 6.45) is 5.39. The van der Waals surface area contributed by atoms with Gasteiger partial charge in [-0.15, -0.1) is 0 Å². The van der Waals surface area contributed by atoms with Gasteiger partial charge < -0.3 is 0 Å². The summed E-state index contributed by atoms with van der Waals surface area (Å²) >= 11 is 5.98. The third-order valence-corrected chi connectivity index (χ3v) is 7.81. The predicted molar refractivity (Wildman–Crippen MR) is 135 cm³/mol. The summed E-state index contributed by atoms with van der Waals surface area (Å²) in [7, 11) is -0.934. The van der Waals surface area contributed by atoms with Crippen LogP contribution in [0.1, 0.15) is 52.1 Å². The Morgan fingerprint density at radius 3 is 2.67 bits per heavy atom. The lowest BCUT2D eigenvalue weighted by molar-refractivity contribution is 0.614. The van der Waals surface area contributed by atoms with Crippen LogP contribution in [0.2, 0.25) is 5.28 Å². The third kappa shape index (κ3) is 5.31. The molecule has 0 N–H and O–H groups in total. The van der Waals surface area contributed by atoms with Crippen LogP contribution in [0.3, 0.4) is 0 Å². The smallest absolute Gasteiger partial charge is 0.224 e. The van der Waals surface area contributed by atoms with Gasteiger partial charge in [0, 0.05) is 56.1 Å². The Kier molecular flexibility index (Phi) is 6.91. The van der Waals surface area contributed by atoms with Crippen LogP contribution in [0.4, 0.5) is 0 Å². The highest BCUT2D eigenvalue weighted by Crippen LogP contribution is 2.29. The van der Waals surface area contributed by atoms with Gasteiger partial charge in [-0.25, -0.2) is 9.67 Å². The van der Waals surface area contributed by atoms with Crippen LogP contribution < -0.4 is 0 Å². The Hall–Kier alpha value is -2.64. The molecule has 0 amide bonds. The van der Waals surface area contributed by atoms with Crippen molar-refractivity contribution in [1.82, 2.24) is 24.7 Å². The minimum atomic E-state index is -0.934. The van der Waals surface area contributed by atoms with Gasteiger partial charge in [0.15, 0.2) is 5.82 Å². The van der Waals surface area contributed by atoms with Gasteiger partial charge in [-0.1, -0.05) is 31.5 Å². The lowest BCUT2D eigenvalue weighted by atomic mass is 10.00. The number of rotatable bonds is 7. The topological polar surface area (TPSA) is 73.6 Å². The summed E-state index contributed by atoms with van der Waals surface area (Å²) in [5.74, 6) is 1.39. The summed E-state index contributed by atoms with van der Waals surface area (Å²) < 4.78 is 14.4. The third-order valence-electron chi connectivity index (χ3n) is 5.56. The molecule has 0 aliphatic carbocycles. The first-order valence-corrected chi connectivity index (χ1v) is 12.8. The zero-order valence-electron chi connectivity index (χ0n) is 19.3. The largest absolute Gasteiger partial charge is 0.259 e. The molecule has 1 aromatic carbocycles. The molecular weight excluding hydrogens is 454 g/mol. The van der Waals surface area contributed by atoms with E-state index in [9.17, 15) is 4.21 Å². The predicted octanol–water partition coefficient (Wildman–Crippen LogP) is 5.96. The molecule has 3 aromatic heterocycles. The normalized spacial score (nSPS) is 13.8. The van der Waals surface area contributed by atoms with Crippen LogP contribution in [0.15, 0.2) is 54.9 Å². The summed E-state index contributed by atoms with van der Waals surface area (Å²) in [6, 6.07) is 14.0.